The molecule has 10 heteroatoms. The first-order valence-electron chi connectivity index (χ1n) is 7.35. The molecular formula is C14H26O10. The molecule has 0 aliphatic heterocycles. The highest BCUT2D eigenvalue weighted by atomic mass is 16.6. The van der Waals surface area contributed by atoms with Crippen LogP contribution in [0.2, 0.25) is 0 Å². The van der Waals surface area contributed by atoms with Gasteiger partial charge >= 0.3 is 17.9 Å². The summed E-state index contributed by atoms with van der Waals surface area (Å²) in [7, 11) is 0. The van der Waals surface area contributed by atoms with Crippen molar-refractivity contribution in [3.8, 4) is 0 Å². The zero-order valence-corrected chi connectivity index (χ0v) is 13.8. The molecule has 0 aromatic carbocycles. The van der Waals surface area contributed by atoms with Crippen molar-refractivity contribution in [3.05, 3.63) is 0 Å². The Hall–Kier alpha value is -1.75. The molecule has 0 rings (SSSR count). The quantitative estimate of drug-likeness (QED) is 0.235. The van der Waals surface area contributed by atoms with E-state index in [4.69, 9.17) is 35.0 Å². The minimum absolute atomic E-state index is 0.578. The van der Waals surface area contributed by atoms with Crippen molar-refractivity contribution in [2.45, 2.75) is 51.4 Å². The summed E-state index contributed by atoms with van der Waals surface area (Å²) < 4.78 is 10.1. The van der Waals surface area contributed by atoms with E-state index in [1.165, 1.54) is 0 Å². The number of carboxylic acid groups (broad SMARTS) is 3. The second kappa shape index (κ2) is 13.7. The third-order valence-electron chi connectivity index (χ3n) is 2.58. The van der Waals surface area contributed by atoms with Crippen molar-refractivity contribution >= 4 is 17.9 Å². The average molecular weight is 354 g/mol. The molecule has 0 radical (unpaired) electrons. The summed E-state index contributed by atoms with van der Waals surface area (Å²) in [5, 5.41) is 42.8. The van der Waals surface area contributed by atoms with Crippen LogP contribution in [0.25, 0.3) is 0 Å². The number of carboxylic acids is 3. The van der Waals surface area contributed by atoms with Gasteiger partial charge in [-0.2, -0.15) is 0 Å². The van der Waals surface area contributed by atoms with Crippen LogP contribution in [0.3, 0.4) is 0 Å². The number of rotatable bonds is 12. The molecule has 0 saturated carbocycles. The lowest BCUT2D eigenvalue weighted by molar-refractivity contribution is -0.170. The highest BCUT2D eigenvalue weighted by Gasteiger charge is 2.40. The predicted octanol–water partition coefficient (Wildman–Crippen LogP) is -0.0905. The molecule has 1 unspecified atom stereocenters. The molecule has 0 aromatic rings. The van der Waals surface area contributed by atoms with E-state index >= 15 is 0 Å². The lowest BCUT2D eigenvalue weighted by atomic mass is 9.96. The predicted molar refractivity (Wildman–Crippen MR) is 80.5 cm³/mol. The Kier molecular flexibility index (Phi) is 14.0. The summed E-state index contributed by atoms with van der Waals surface area (Å²) in [6.07, 6.45) is -1.39. The first-order valence-corrected chi connectivity index (χ1v) is 7.35. The van der Waals surface area contributed by atoms with Crippen molar-refractivity contribution < 1.29 is 49.4 Å². The largest absolute Gasteiger partial charge is 0.481 e. The molecule has 10 nitrogen and oxygen atoms in total. The van der Waals surface area contributed by atoms with E-state index in [0.29, 0.717) is 19.6 Å². The Bertz CT molecular complexity index is 366. The van der Waals surface area contributed by atoms with E-state index in [1.807, 2.05) is 13.8 Å². The van der Waals surface area contributed by atoms with Crippen LogP contribution in [-0.4, -0.2) is 75.2 Å². The first kappa shape index (κ1) is 24.5. The van der Waals surface area contributed by atoms with E-state index in [2.05, 4.69) is 0 Å². The van der Waals surface area contributed by atoms with Gasteiger partial charge in [-0.05, 0) is 19.8 Å². The van der Waals surface area contributed by atoms with Crippen LogP contribution in [-0.2, 0) is 23.9 Å². The summed E-state index contributed by atoms with van der Waals surface area (Å²) in [4.78, 5) is 30.5. The number of aliphatic hydroxyl groups is 2. The molecule has 0 aliphatic rings. The maximum atomic E-state index is 10.3. The SMILES string of the molecule is CCOCCCOC(O)CC.O=C(O)CC(O)(CC(=O)O)C(=O)O. The lowest BCUT2D eigenvalue weighted by Gasteiger charge is -2.18. The zero-order chi connectivity index (χ0) is 19.2. The summed E-state index contributed by atoms with van der Waals surface area (Å²) in [5.41, 5.74) is -2.74. The van der Waals surface area contributed by atoms with E-state index in [0.717, 1.165) is 13.0 Å². The van der Waals surface area contributed by atoms with Crippen LogP contribution < -0.4 is 0 Å². The molecule has 142 valence electrons. The van der Waals surface area contributed by atoms with Crippen molar-refractivity contribution in [2.75, 3.05) is 19.8 Å². The Balaban J connectivity index is 0. The second-order valence-electron chi connectivity index (χ2n) is 4.76. The van der Waals surface area contributed by atoms with Crippen LogP contribution >= 0.6 is 0 Å². The molecule has 0 heterocycles. The van der Waals surface area contributed by atoms with Gasteiger partial charge in [-0.3, -0.25) is 9.59 Å². The summed E-state index contributed by atoms with van der Waals surface area (Å²) >= 11 is 0. The third kappa shape index (κ3) is 13.9. The fraction of sp³-hybridized carbons (Fsp3) is 0.786. The molecule has 0 spiro atoms. The van der Waals surface area contributed by atoms with E-state index in [-0.39, 0.29) is 0 Å². The van der Waals surface area contributed by atoms with Crippen LogP contribution in [0, 0.1) is 0 Å². The smallest absolute Gasteiger partial charge is 0.336 e. The highest BCUT2D eigenvalue weighted by Crippen LogP contribution is 2.15. The number of ether oxygens (including phenoxy) is 2. The maximum absolute atomic E-state index is 10.3. The maximum Gasteiger partial charge on any atom is 0.336 e. The van der Waals surface area contributed by atoms with Crippen LogP contribution in [0.5, 0.6) is 0 Å². The fourth-order valence-corrected chi connectivity index (χ4v) is 1.36. The molecule has 0 aromatic heterocycles. The van der Waals surface area contributed by atoms with Crippen LogP contribution in [0.15, 0.2) is 0 Å². The summed E-state index contributed by atoms with van der Waals surface area (Å²) in [6.45, 7) is 5.88. The van der Waals surface area contributed by atoms with Gasteiger partial charge in [0.05, 0.1) is 19.4 Å². The van der Waals surface area contributed by atoms with Crippen molar-refractivity contribution in [3.63, 3.8) is 0 Å². The fourth-order valence-electron chi connectivity index (χ4n) is 1.36. The summed E-state index contributed by atoms with van der Waals surface area (Å²) in [5.74, 6) is -5.02. The van der Waals surface area contributed by atoms with E-state index in [9.17, 15) is 14.4 Å². The lowest BCUT2D eigenvalue weighted by Crippen LogP contribution is -2.42. The van der Waals surface area contributed by atoms with Crippen LogP contribution in [0.4, 0.5) is 0 Å². The number of aliphatic carboxylic acids is 3. The van der Waals surface area contributed by atoms with Gasteiger partial charge in [0.15, 0.2) is 11.9 Å². The molecule has 0 fully saturated rings. The van der Waals surface area contributed by atoms with Gasteiger partial charge in [0.1, 0.15) is 0 Å². The van der Waals surface area contributed by atoms with E-state index in [1.54, 1.807) is 0 Å². The van der Waals surface area contributed by atoms with Crippen molar-refractivity contribution in [1.82, 2.24) is 0 Å². The summed E-state index contributed by atoms with van der Waals surface area (Å²) in [6, 6.07) is 0. The Labute approximate surface area is 139 Å². The van der Waals surface area contributed by atoms with Gasteiger partial charge < -0.3 is 35.0 Å². The van der Waals surface area contributed by atoms with Gasteiger partial charge in [0, 0.05) is 13.2 Å². The molecule has 0 aliphatic carbocycles. The van der Waals surface area contributed by atoms with Gasteiger partial charge in [-0.15, -0.1) is 0 Å². The number of carbonyl (C=O) groups is 3. The number of aliphatic hydroxyl groups excluding tert-OH is 1. The van der Waals surface area contributed by atoms with Crippen molar-refractivity contribution in [2.24, 2.45) is 0 Å². The van der Waals surface area contributed by atoms with Crippen molar-refractivity contribution in [1.29, 1.82) is 0 Å². The first-order chi connectivity index (χ1) is 11.1. The molecular weight excluding hydrogens is 328 g/mol. The molecule has 1 atom stereocenters. The minimum atomic E-state index is -2.74. The minimum Gasteiger partial charge on any atom is -0.481 e. The van der Waals surface area contributed by atoms with Crippen LogP contribution in [0.1, 0.15) is 39.5 Å². The second-order valence-corrected chi connectivity index (χ2v) is 4.76. The average Bonchev–Trinajstić information content (AvgIpc) is 2.45. The topological polar surface area (TPSA) is 171 Å². The molecule has 0 saturated heterocycles. The standard InChI is InChI=1S/C8H18O3.C6H8O7/c1-3-8(9)11-7-5-6-10-4-2;7-3(8)1-6(13,5(11)12)2-4(9)10/h8-9H,3-7H2,1-2H3;13H,1-2H2,(H,7,8)(H,9,10)(H,11,12). The number of hydrogen-bond donors (Lipinski definition) is 5. The monoisotopic (exact) mass is 354 g/mol. The Morgan fingerprint density at radius 2 is 1.50 bits per heavy atom. The van der Waals surface area contributed by atoms with Gasteiger partial charge in [0.25, 0.3) is 0 Å². The normalized spacial score (nSPS) is 12.0. The molecule has 24 heavy (non-hydrogen) atoms. The number of hydrogen-bond acceptors (Lipinski definition) is 7. The Morgan fingerprint density at radius 1 is 1.00 bits per heavy atom. The molecule has 5 N–H and O–H groups in total. The highest BCUT2D eigenvalue weighted by molar-refractivity contribution is 5.88. The van der Waals surface area contributed by atoms with Gasteiger partial charge in [-0.1, -0.05) is 6.92 Å². The van der Waals surface area contributed by atoms with Gasteiger partial charge in [0.2, 0.25) is 0 Å². The third-order valence-corrected chi connectivity index (χ3v) is 2.58. The van der Waals surface area contributed by atoms with Gasteiger partial charge in [-0.25, -0.2) is 4.79 Å². The molecule has 0 bridgehead atoms. The van der Waals surface area contributed by atoms with E-state index < -0.39 is 42.6 Å². The zero-order valence-electron chi connectivity index (χ0n) is 13.8. The molecule has 0 amide bonds. The Morgan fingerprint density at radius 3 is 1.83 bits per heavy atom.